The number of carbonyl (C=O) groups is 2. The van der Waals surface area contributed by atoms with Gasteiger partial charge in [0.25, 0.3) is 17.5 Å². The van der Waals surface area contributed by atoms with Crippen LogP contribution in [0.1, 0.15) is 17.3 Å². The number of ether oxygens (including phenoxy) is 1. The standard InChI is InChI=1S/C20H17N3O5/c1-13(28-16-11-10-14-6-2-3-7-15(14)12-16)19(24)21-22-20(25)17-8-4-5-9-18(17)23(26)27/h2-13H,1H3,(H,21,24)(H,22,25). The van der Waals surface area contributed by atoms with Crippen molar-refractivity contribution in [2.24, 2.45) is 0 Å². The number of carbonyl (C=O) groups excluding carboxylic acids is 2. The molecule has 1 unspecified atom stereocenters. The summed E-state index contributed by atoms with van der Waals surface area (Å²) in [6, 6.07) is 18.6. The van der Waals surface area contributed by atoms with Gasteiger partial charge in [-0.2, -0.15) is 0 Å². The summed E-state index contributed by atoms with van der Waals surface area (Å²) in [6.45, 7) is 1.53. The first-order valence-corrected chi connectivity index (χ1v) is 8.45. The van der Waals surface area contributed by atoms with Gasteiger partial charge in [-0.1, -0.05) is 42.5 Å². The smallest absolute Gasteiger partial charge is 0.282 e. The van der Waals surface area contributed by atoms with Crippen molar-refractivity contribution in [3.05, 3.63) is 82.4 Å². The third-order valence-electron chi connectivity index (χ3n) is 4.05. The zero-order chi connectivity index (χ0) is 20.1. The molecule has 2 N–H and O–H groups in total. The average molecular weight is 379 g/mol. The van der Waals surface area contributed by atoms with Gasteiger partial charge >= 0.3 is 0 Å². The Balaban J connectivity index is 1.61. The van der Waals surface area contributed by atoms with E-state index in [9.17, 15) is 19.7 Å². The summed E-state index contributed by atoms with van der Waals surface area (Å²) >= 11 is 0. The normalized spacial score (nSPS) is 11.5. The first-order chi connectivity index (χ1) is 13.5. The van der Waals surface area contributed by atoms with Gasteiger partial charge in [0.05, 0.1) is 4.92 Å². The molecule has 142 valence electrons. The summed E-state index contributed by atoms with van der Waals surface area (Å²) in [5, 5.41) is 13.0. The van der Waals surface area contributed by atoms with Gasteiger partial charge in [-0.3, -0.25) is 30.6 Å². The van der Waals surface area contributed by atoms with E-state index in [0.29, 0.717) is 5.75 Å². The monoisotopic (exact) mass is 379 g/mol. The molecule has 0 saturated carbocycles. The fourth-order valence-corrected chi connectivity index (χ4v) is 2.61. The first-order valence-electron chi connectivity index (χ1n) is 8.45. The van der Waals surface area contributed by atoms with Gasteiger partial charge in [0.1, 0.15) is 11.3 Å². The van der Waals surface area contributed by atoms with Crippen LogP contribution in [-0.2, 0) is 4.79 Å². The van der Waals surface area contributed by atoms with Crippen LogP contribution in [0.2, 0.25) is 0 Å². The fraction of sp³-hybridized carbons (Fsp3) is 0.100. The van der Waals surface area contributed by atoms with Crippen molar-refractivity contribution >= 4 is 28.3 Å². The molecular weight excluding hydrogens is 362 g/mol. The lowest BCUT2D eigenvalue weighted by Gasteiger charge is -2.15. The van der Waals surface area contributed by atoms with Crippen LogP contribution < -0.4 is 15.6 Å². The van der Waals surface area contributed by atoms with E-state index in [4.69, 9.17) is 4.74 Å². The van der Waals surface area contributed by atoms with Crippen LogP contribution in [0.3, 0.4) is 0 Å². The van der Waals surface area contributed by atoms with Crippen molar-refractivity contribution in [1.82, 2.24) is 10.9 Å². The molecule has 0 bridgehead atoms. The number of benzene rings is 3. The van der Waals surface area contributed by atoms with Crippen LogP contribution in [0.15, 0.2) is 66.7 Å². The Morgan fingerprint density at radius 1 is 0.964 bits per heavy atom. The van der Waals surface area contributed by atoms with E-state index < -0.39 is 22.8 Å². The maximum absolute atomic E-state index is 12.2. The highest BCUT2D eigenvalue weighted by atomic mass is 16.6. The van der Waals surface area contributed by atoms with E-state index in [1.807, 2.05) is 36.4 Å². The summed E-state index contributed by atoms with van der Waals surface area (Å²) < 4.78 is 5.61. The highest BCUT2D eigenvalue weighted by molar-refractivity contribution is 5.99. The SMILES string of the molecule is CC(Oc1ccc2ccccc2c1)C(=O)NNC(=O)c1ccccc1[N+](=O)[O-]. The summed E-state index contributed by atoms with van der Waals surface area (Å²) in [6.07, 6.45) is -0.896. The number of nitrogens with zero attached hydrogens (tertiary/aromatic N) is 1. The number of nitro benzene ring substituents is 1. The molecule has 0 aliphatic rings. The lowest BCUT2D eigenvalue weighted by molar-refractivity contribution is -0.385. The predicted molar refractivity (Wildman–Crippen MR) is 103 cm³/mol. The average Bonchev–Trinajstić information content (AvgIpc) is 2.71. The Morgan fingerprint density at radius 2 is 1.64 bits per heavy atom. The zero-order valence-electron chi connectivity index (χ0n) is 14.9. The quantitative estimate of drug-likeness (QED) is 0.523. The third kappa shape index (κ3) is 4.24. The molecule has 3 aromatic rings. The molecule has 0 aliphatic heterocycles. The number of para-hydroxylation sites is 1. The van der Waals surface area contributed by atoms with Gasteiger partial charge in [0, 0.05) is 6.07 Å². The number of hydrazine groups is 1. The molecule has 0 radical (unpaired) electrons. The molecule has 3 rings (SSSR count). The number of nitro groups is 1. The molecule has 0 heterocycles. The molecule has 8 nitrogen and oxygen atoms in total. The minimum absolute atomic E-state index is 0.157. The lowest BCUT2D eigenvalue weighted by atomic mass is 10.1. The van der Waals surface area contributed by atoms with Gasteiger partial charge in [0.2, 0.25) is 0 Å². The molecule has 0 aromatic heterocycles. The fourth-order valence-electron chi connectivity index (χ4n) is 2.61. The Hall–Kier alpha value is -3.94. The number of nitrogens with one attached hydrogen (secondary N) is 2. The molecule has 0 fully saturated rings. The lowest BCUT2D eigenvalue weighted by Crippen LogP contribution is -2.47. The molecule has 0 saturated heterocycles. The Labute approximate surface area is 160 Å². The Bertz CT molecular complexity index is 1050. The van der Waals surface area contributed by atoms with Crippen LogP contribution in [0.4, 0.5) is 5.69 Å². The second kappa shape index (κ2) is 8.17. The van der Waals surface area contributed by atoms with Gasteiger partial charge < -0.3 is 4.74 Å². The van der Waals surface area contributed by atoms with Crippen LogP contribution in [0.25, 0.3) is 10.8 Å². The van der Waals surface area contributed by atoms with Crippen molar-refractivity contribution in [3.8, 4) is 5.75 Å². The topological polar surface area (TPSA) is 111 Å². The Morgan fingerprint density at radius 3 is 2.39 bits per heavy atom. The summed E-state index contributed by atoms with van der Waals surface area (Å²) in [4.78, 5) is 34.6. The zero-order valence-corrected chi connectivity index (χ0v) is 14.9. The first kappa shape index (κ1) is 18.8. The second-order valence-electron chi connectivity index (χ2n) is 5.99. The van der Waals surface area contributed by atoms with Crippen LogP contribution in [0.5, 0.6) is 5.75 Å². The minimum atomic E-state index is -0.896. The van der Waals surface area contributed by atoms with Crippen LogP contribution in [-0.4, -0.2) is 22.8 Å². The van der Waals surface area contributed by atoms with E-state index in [-0.39, 0.29) is 11.3 Å². The highest BCUT2D eigenvalue weighted by Gasteiger charge is 2.21. The van der Waals surface area contributed by atoms with Crippen molar-refractivity contribution in [3.63, 3.8) is 0 Å². The second-order valence-corrected chi connectivity index (χ2v) is 5.99. The van der Waals surface area contributed by atoms with E-state index in [0.717, 1.165) is 10.8 Å². The van der Waals surface area contributed by atoms with E-state index >= 15 is 0 Å². The van der Waals surface area contributed by atoms with E-state index in [1.54, 1.807) is 6.07 Å². The van der Waals surface area contributed by atoms with Gasteiger partial charge in [-0.25, -0.2) is 0 Å². The molecule has 0 spiro atoms. The Kier molecular flexibility index (Phi) is 5.50. The maximum atomic E-state index is 12.2. The van der Waals surface area contributed by atoms with Crippen molar-refractivity contribution in [2.45, 2.75) is 13.0 Å². The largest absolute Gasteiger partial charge is 0.481 e. The maximum Gasteiger partial charge on any atom is 0.282 e. The van der Waals surface area contributed by atoms with Crippen molar-refractivity contribution in [2.75, 3.05) is 0 Å². The van der Waals surface area contributed by atoms with Gasteiger partial charge in [0.15, 0.2) is 6.10 Å². The number of rotatable bonds is 5. The summed E-state index contributed by atoms with van der Waals surface area (Å²) in [5.41, 5.74) is 3.88. The predicted octanol–water partition coefficient (Wildman–Crippen LogP) is 2.98. The van der Waals surface area contributed by atoms with E-state index in [2.05, 4.69) is 10.9 Å². The minimum Gasteiger partial charge on any atom is -0.481 e. The van der Waals surface area contributed by atoms with E-state index in [1.165, 1.54) is 31.2 Å². The molecule has 0 aliphatic carbocycles. The molecule has 2 amide bonds. The molecular formula is C20H17N3O5. The van der Waals surface area contributed by atoms with Crippen molar-refractivity contribution < 1.29 is 19.2 Å². The molecule has 8 heteroatoms. The van der Waals surface area contributed by atoms with Crippen molar-refractivity contribution in [1.29, 1.82) is 0 Å². The molecule has 28 heavy (non-hydrogen) atoms. The van der Waals surface area contributed by atoms with Crippen LogP contribution in [0, 0.1) is 10.1 Å². The van der Waals surface area contributed by atoms with Gasteiger partial charge in [-0.05, 0) is 35.9 Å². The summed E-state index contributed by atoms with van der Waals surface area (Å²) in [5.74, 6) is -0.884. The van der Waals surface area contributed by atoms with Gasteiger partial charge in [-0.15, -0.1) is 0 Å². The molecule has 3 aromatic carbocycles. The van der Waals surface area contributed by atoms with Crippen LogP contribution >= 0.6 is 0 Å². The molecule has 1 atom stereocenters. The number of fused-ring (bicyclic) bond motifs is 1. The highest BCUT2D eigenvalue weighted by Crippen LogP contribution is 2.21. The summed E-state index contributed by atoms with van der Waals surface area (Å²) in [7, 11) is 0. The number of amides is 2. The third-order valence-corrected chi connectivity index (χ3v) is 4.05. The number of hydrogen-bond donors (Lipinski definition) is 2. The number of hydrogen-bond acceptors (Lipinski definition) is 5.